The van der Waals surface area contributed by atoms with Gasteiger partial charge in [0.25, 0.3) is 0 Å². The summed E-state index contributed by atoms with van der Waals surface area (Å²) in [6.07, 6.45) is 4.64. The lowest BCUT2D eigenvalue weighted by Gasteiger charge is -2.14. The fourth-order valence-corrected chi connectivity index (χ4v) is 1.75. The molecule has 0 spiro atoms. The van der Waals surface area contributed by atoms with Gasteiger partial charge < -0.3 is 5.32 Å². The standard InChI is InChI=1S/C14H16N2/c1-12(11-13-5-3-2-4-6-13)16-14-7-9-15-10-8-14/h2-10,12H,11H2,1H3,(H,15,16). The van der Waals surface area contributed by atoms with Gasteiger partial charge in [0.15, 0.2) is 0 Å². The minimum atomic E-state index is 0.421. The zero-order chi connectivity index (χ0) is 11.2. The van der Waals surface area contributed by atoms with Crippen molar-refractivity contribution >= 4 is 5.69 Å². The molecule has 1 N–H and O–H groups in total. The molecule has 1 aromatic carbocycles. The fraction of sp³-hybridized carbons (Fsp3) is 0.214. The number of pyridine rings is 1. The summed E-state index contributed by atoms with van der Waals surface area (Å²) in [7, 11) is 0. The first-order valence-electron chi connectivity index (χ1n) is 5.55. The van der Waals surface area contributed by atoms with Crippen LogP contribution in [0.4, 0.5) is 5.69 Å². The van der Waals surface area contributed by atoms with E-state index >= 15 is 0 Å². The summed E-state index contributed by atoms with van der Waals surface area (Å²) < 4.78 is 0. The summed E-state index contributed by atoms with van der Waals surface area (Å²) in [5.74, 6) is 0. The molecule has 0 aliphatic heterocycles. The topological polar surface area (TPSA) is 24.9 Å². The van der Waals surface area contributed by atoms with Crippen LogP contribution in [0.25, 0.3) is 0 Å². The van der Waals surface area contributed by atoms with Gasteiger partial charge in [0.05, 0.1) is 0 Å². The van der Waals surface area contributed by atoms with Crippen LogP contribution in [0.2, 0.25) is 0 Å². The number of benzene rings is 1. The van der Waals surface area contributed by atoms with E-state index in [9.17, 15) is 0 Å². The van der Waals surface area contributed by atoms with E-state index in [4.69, 9.17) is 0 Å². The fourth-order valence-electron chi connectivity index (χ4n) is 1.75. The average Bonchev–Trinajstić information content (AvgIpc) is 2.31. The van der Waals surface area contributed by atoms with Gasteiger partial charge in [0, 0.05) is 24.1 Å². The third kappa shape index (κ3) is 3.09. The Bertz CT molecular complexity index is 370. The number of anilines is 1. The highest BCUT2D eigenvalue weighted by molar-refractivity contribution is 5.41. The lowest BCUT2D eigenvalue weighted by atomic mass is 10.1. The highest BCUT2D eigenvalue weighted by atomic mass is 14.9. The normalized spacial score (nSPS) is 12.1. The number of nitrogens with one attached hydrogen (secondary N) is 1. The zero-order valence-corrected chi connectivity index (χ0v) is 9.43. The third-order valence-electron chi connectivity index (χ3n) is 2.48. The Kier molecular flexibility index (Phi) is 3.54. The van der Waals surface area contributed by atoms with Crippen LogP contribution in [0.1, 0.15) is 12.5 Å². The Balaban J connectivity index is 1.92. The molecule has 2 nitrogen and oxygen atoms in total. The molecule has 82 valence electrons. The van der Waals surface area contributed by atoms with Crippen molar-refractivity contribution in [2.45, 2.75) is 19.4 Å². The molecule has 2 heteroatoms. The van der Waals surface area contributed by atoms with Crippen LogP contribution in [-0.4, -0.2) is 11.0 Å². The maximum absolute atomic E-state index is 4.00. The van der Waals surface area contributed by atoms with Crippen LogP contribution in [-0.2, 0) is 6.42 Å². The van der Waals surface area contributed by atoms with Gasteiger partial charge in [-0.1, -0.05) is 30.3 Å². The lowest BCUT2D eigenvalue weighted by molar-refractivity contribution is 0.790. The van der Waals surface area contributed by atoms with E-state index in [1.807, 2.05) is 18.2 Å². The first-order valence-corrected chi connectivity index (χ1v) is 5.55. The Labute approximate surface area is 96.4 Å². The van der Waals surface area contributed by atoms with Crippen molar-refractivity contribution in [3.8, 4) is 0 Å². The number of rotatable bonds is 4. The highest BCUT2D eigenvalue weighted by Crippen LogP contribution is 2.09. The van der Waals surface area contributed by atoms with Crippen molar-refractivity contribution < 1.29 is 0 Å². The predicted molar refractivity (Wildman–Crippen MR) is 67.5 cm³/mol. The van der Waals surface area contributed by atoms with Crippen molar-refractivity contribution in [3.05, 3.63) is 60.4 Å². The number of hydrogen-bond acceptors (Lipinski definition) is 2. The predicted octanol–water partition coefficient (Wildman–Crippen LogP) is 3.12. The summed E-state index contributed by atoms with van der Waals surface area (Å²) in [4.78, 5) is 4.00. The molecule has 16 heavy (non-hydrogen) atoms. The maximum atomic E-state index is 4.00. The van der Waals surface area contributed by atoms with E-state index in [1.54, 1.807) is 12.4 Å². The monoisotopic (exact) mass is 212 g/mol. The van der Waals surface area contributed by atoms with Crippen LogP contribution in [0.3, 0.4) is 0 Å². The molecule has 0 saturated heterocycles. The van der Waals surface area contributed by atoms with Crippen LogP contribution in [0.5, 0.6) is 0 Å². The first-order chi connectivity index (χ1) is 7.84. The molecule has 0 amide bonds. The number of nitrogens with zero attached hydrogens (tertiary/aromatic N) is 1. The molecule has 0 aliphatic carbocycles. The average molecular weight is 212 g/mol. The molecular formula is C14H16N2. The van der Waals surface area contributed by atoms with Gasteiger partial charge in [-0.05, 0) is 31.0 Å². The van der Waals surface area contributed by atoms with E-state index in [1.165, 1.54) is 5.56 Å². The summed E-state index contributed by atoms with van der Waals surface area (Å²) in [6, 6.07) is 14.9. The molecule has 2 aromatic rings. The molecule has 0 fully saturated rings. The Hall–Kier alpha value is -1.83. The minimum absolute atomic E-state index is 0.421. The minimum Gasteiger partial charge on any atom is -0.382 e. The smallest absolute Gasteiger partial charge is 0.0373 e. The van der Waals surface area contributed by atoms with E-state index < -0.39 is 0 Å². The second kappa shape index (κ2) is 5.31. The number of aromatic nitrogens is 1. The molecule has 0 bridgehead atoms. The van der Waals surface area contributed by atoms with Gasteiger partial charge in [0.2, 0.25) is 0 Å². The first kappa shape index (κ1) is 10.7. The highest BCUT2D eigenvalue weighted by Gasteiger charge is 2.02. The molecule has 1 aromatic heterocycles. The summed E-state index contributed by atoms with van der Waals surface area (Å²) in [6.45, 7) is 2.19. The van der Waals surface area contributed by atoms with Crippen LogP contribution in [0.15, 0.2) is 54.9 Å². The SMILES string of the molecule is CC(Cc1ccccc1)Nc1ccncc1. The van der Waals surface area contributed by atoms with E-state index in [0.717, 1.165) is 12.1 Å². The lowest BCUT2D eigenvalue weighted by Crippen LogP contribution is -2.17. The Morgan fingerprint density at radius 1 is 1.06 bits per heavy atom. The van der Waals surface area contributed by atoms with Crippen molar-refractivity contribution in [2.24, 2.45) is 0 Å². The summed E-state index contributed by atoms with van der Waals surface area (Å²) in [5.41, 5.74) is 2.48. The Morgan fingerprint density at radius 2 is 1.75 bits per heavy atom. The van der Waals surface area contributed by atoms with Gasteiger partial charge in [0.1, 0.15) is 0 Å². The molecule has 0 radical (unpaired) electrons. The molecular weight excluding hydrogens is 196 g/mol. The van der Waals surface area contributed by atoms with Crippen molar-refractivity contribution in [3.63, 3.8) is 0 Å². The van der Waals surface area contributed by atoms with E-state index in [-0.39, 0.29) is 0 Å². The van der Waals surface area contributed by atoms with E-state index in [0.29, 0.717) is 6.04 Å². The van der Waals surface area contributed by atoms with Crippen LogP contribution in [0, 0.1) is 0 Å². The Morgan fingerprint density at radius 3 is 2.44 bits per heavy atom. The van der Waals surface area contributed by atoms with Crippen molar-refractivity contribution in [1.82, 2.24) is 4.98 Å². The van der Waals surface area contributed by atoms with Crippen LogP contribution >= 0.6 is 0 Å². The second-order valence-corrected chi connectivity index (χ2v) is 3.97. The van der Waals surface area contributed by atoms with E-state index in [2.05, 4.69) is 41.5 Å². The van der Waals surface area contributed by atoms with Gasteiger partial charge in [-0.15, -0.1) is 0 Å². The third-order valence-corrected chi connectivity index (χ3v) is 2.48. The van der Waals surface area contributed by atoms with Gasteiger partial charge in [-0.2, -0.15) is 0 Å². The molecule has 0 aliphatic rings. The van der Waals surface area contributed by atoms with Gasteiger partial charge in [-0.25, -0.2) is 0 Å². The maximum Gasteiger partial charge on any atom is 0.0373 e. The summed E-state index contributed by atoms with van der Waals surface area (Å²) in [5, 5.41) is 3.45. The molecule has 1 heterocycles. The largest absolute Gasteiger partial charge is 0.382 e. The number of hydrogen-bond donors (Lipinski definition) is 1. The molecule has 0 saturated carbocycles. The second-order valence-electron chi connectivity index (χ2n) is 3.97. The zero-order valence-electron chi connectivity index (χ0n) is 9.43. The quantitative estimate of drug-likeness (QED) is 0.842. The van der Waals surface area contributed by atoms with Gasteiger partial charge in [-0.3, -0.25) is 4.98 Å². The van der Waals surface area contributed by atoms with Crippen molar-refractivity contribution in [1.29, 1.82) is 0 Å². The van der Waals surface area contributed by atoms with Gasteiger partial charge >= 0.3 is 0 Å². The molecule has 2 rings (SSSR count). The molecule has 1 unspecified atom stereocenters. The molecule has 1 atom stereocenters. The van der Waals surface area contributed by atoms with Crippen LogP contribution < -0.4 is 5.32 Å². The van der Waals surface area contributed by atoms with Crippen molar-refractivity contribution in [2.75, 3.05) is 5.32 Å². The summed E-state index contributed by atoms with van der Waals surface area (Å²) >= 11 is 0.